The fourth-order valence-corrected chi connectivity index (χ4v) is 3.92. The maximum atomic E-state index is 12.3. The molecule has 0 radical (unpaired) electrons. The summed E-state index contributed by atoms with van der Waals surface area (Å²) in [4.78, 5) is 32.8. The van der Waals surface area contributed by atoms with Crippen LogP contribution in [0.5, 0.6) is 0 Å². The van der Waals surface area contributed by atoms with Crippen LogP contribution in [-0.4, -0.2) is 46.2 Å². The molecule has 25 heavy (non-hydrogen) atoms. The van der Waals surface area contributed by atoms with Gasteiger partial charge in [-0.2, -0.15) is 0 Å². The highest BCUT2D eigenvalue weighted by Gasteiger charge is 2.41. The minimum Gasteiger partial charge on any atom is -0.342 e. The van der Waals surface area contributed by atoms with Crippen molar-refractivity contribution in [2.75, 3.05) is 19.6 Å². The van der Waals surface area contributed by atoms with Crippen molar-refractivity contribution in [1.82, 2.24) is 14.8 Å². The van der Waals surface area contributed by atoms with E-state index in [9.17, 15) is 9.59 Å². The quantitative estimate of drug-likeness (QED) is 0.791. The van der Waals surface area contributed by atoms with Crippen LogP contribution in [0.1, 0.15) is 44.7 Å². The zero-order valence-corrected chi connectivity index (χ0v) is 15.0. The van der Waals surface area contributed by atoms with Gasteiger partial charge in [0.1, 0.15) is 0 Å². The lowest BCUT2D eigenvalue weighted by atomic mass is 9.72. The van der Waals surface area contributed by atoms with Gasteiger partial charge in [-0.05, 0) is 43.7 Å². The van der Waals surface area contributed by atoms with Gasteiger partial charge in [-0.25, -0.2) is 0 Å². The largest absolute Gasteiger partial charge is 0.342 e. The van der Waals surface area contributed by atoms with Gasteiger partial charge in [0.05, 0.1) is 12.2 Å². The average molecular weight is 341 g/mol. The first kappa shape index (κ1) is 17.6. The highest BCUT2D eigenvalue weighted by Crippen LogP contribution is 2.40. The number of amides is 2. The maximum absolute atomic E-state index is 12.3. The average Bonchev–Trinajstić information content (AvgIpc) is 2.64. The van der Waals surface area contributed by atoms with Gasteiger partial charge in [-0.3, -0.25) is 14.6 Å². The van der Waals surface area contributed by atoms with Crippen LogP contribution in [-0.2, 0) is 16.1 Å². The van der Waals surface area contributed by atoms with Gasteiger partial charge in [0.2, 0.25) is 11.8 Å². The molecule has 5 heteroatoms. The number of aromatic nitrogens is 1. The Morgan fingerprint density at radius 1 is 1.28 bits per heavy atom. The zero-order valence-electron chi connectivity index (χ0n) is 15.0. The Morgan fingerprint density at radius 3 is 2.76 bits per heavy atom. The Bertz CT molecular complexity index is 634. The van der Waals surface area contributed by atoms with E-state index < -0.39 is 0 Å². The molecule has 1 spiro atoms. The Labute approximate surface area is 149 Å². The molecule has 1 aromatic rings. The summed E-state index contributed by atoms with van der Waals surface area (Å²) in [6.45, 7) is 4.93. The van der Waals surface area contributed by atoms with Crippen LogP contribution >= 0.6 is 0 Å². The van der Waals surface area contributed by atoms with Gasteiger partial charge in [-0.1, -0.05) is 18.2 Å². The van der Waals surface area contributed by atoms with E-state index >= 15 is 0 Å². The highest BCUT2D eigenvalue weighted by molar-refractivity contribution is 5.78. The van der Waals surface area contributed by atoms with Crippen LogP contribution in [0.4, 0.5) is 0 Å². The second-order valence-corrected chi connectivity index (χ2v) is 7.22. The maximum Gasteiger partial charge on any atom is 0.226 e. The summed E-state index contributed by atoms with van der Waals surface area (Å²) in [6.07, 6.45) is 9.64. The fourth-order valence-electron chi connectivity index (χ4n) is 3.92. The van der Waals surface area contributed by atoms with E-state index in [2.05, 4.69) is 4.98 Å². The molecule has 2 saturated heterocycles. The molecule has 0 aliphatic carbocycles. The molecule has 0 N–H and O–H groups in total. The van der Waals surface area contributed by atoms with E-state index in [0.717, 1.165) is 44.6 Å². The van der Waals surface area contributed by atoms with Gasteiger partial charge >= 0.3 is 0 Å². The summed E-state index contributed by atoms with van der Waals surface area (Å²) in [6, 6.07) is 5.82. The molecule has 5 nitrogen and oxygen atoms in total. The van der Waals surface area contributed by atoms with Crippen LogP contribution in [0.3, 0.4) is 0 Å². The summed E-state index contributed by atoms with van der Waals surface area (Å²) in [5, 5.41) is 0. The predicted octanol–water partition coefficient (Wildman–Crippen LogP) is 2.78. The normalized spacial score (nSPS) is 20.4. The van der Waals surface area contributed by atoms with Crippen LogP contribution in [0, 0.1) is 5.41 Å². The van der Waals surface area contributed by atoms with Crippen LogP contribution in [0.15, 0.2) is 36.5 Å². The predicted molar refractivity (Wildman–Crippen MR) is 96.6 cm³/mol. The summed E-state index contributed by atoms with van der Waals surface area (Å²) < 4.78 is 0. The molecule has 0 saturated carbocycles. The summed E-state index contributed by atoms with van der Waals surface area (Å²) >= 11 is 0. The molecule has 2 fully saturated rings. The Hall–Kier alpha value is -2.17. The van der Waals surface area contributed by atoms with Crippen LogP contribution < -0.4 is 0 Å². The molecule has 134 valence electrons. The van der Waals surface area contributed by atoms with E-state index in [0.29, 0.717) is 19.4 Å². The highest BCUT2D eigenvalue weighted by atomic mass is 16.2. The van der Waals surface area contributed by atoms with Crippen molar-refractivity contribution in [2.45, 2.75) is 45.6 Å². The molecule has 0 aromatic carbocycles. The van der Waals surface area contributed by atoms with E-state index in [-0.39, 0.29) is 17.2 Å². The number of hydrogen-bond acceptors (Lipinski definition) is 3. The molecular weight excluding hydrogens is 314 g/mol. The number of hydrogen-bond donors (Lipinski definition) is 0. The standard InChI is InChI=1S/C20H27N3O2/c1-2-3-7-18(24)22-13-10-20(11-14-22)9-8-19(25)23(16-20)15-17-6-4-5-12-21-17/h2-6,12H,7-11,13-16H2,1H3/b3-2+. The monoisotopic (exact) mass is 341 g/mol. The van der Waals surface area contributed by atoms with Crippen molar-refractivity contribution >= 4 is 11.8 Å². The molecule has 2 amide bonds. The number of allylic oxidation sites excluding steroid dienone is 1. The van der Waals surface area contributed by atoms with Gasteiger partial charge in [0, 0.05) is 38.7 Å². The lowest BCUT2D eigenvalue weighted by Crippen LogP contribution is -2.52. The third-order valence-electron chi connectivity index (χ3n) is 5.53. The van der Waals surface area contributed by atoms with Crippen molar-refractivity contribution in [3.05, 3.63) is 42.2 Å². The Kier molecular flexibility index (Phi) is 5.51. The summed E-state index contributed by atoms with van der Waals surface area (Å²) in [7, 11) is 0. The minimum atomic E-state index is 0.167. The number of carbonyl (C=O) groups excluding carboxylic acids is 2. The fraction of sp³-hybridized carbons (Fsp3) is 0.550. The van der Waals surface area contributed by atoms with Gasteiger partial charge in [-0.15, -0.1) is 0 Å². The minimum absolute atomic E-state index is 0.167. The molecule has 0 bridgehead atoms. The van der Waals surface area contributed by atoms with Crippen LogP contribution in [0.25, 0.3) is 0 Å². The lowest BCUT2D eigenvalue weighted by molar-refractivity contribution is -0.142. The lowest BCUT2D eigenvalue weighted by Gasteiger charge is -2.47. The topological polar surface area (TPSA) is 53.5 Å². The third-order valence-corrected chi connectivity index (χ3v) is 5.53. The van der Waals surface area contributed by atoms with E-state index in [1.54, 1.807) is 6.20 Å². The van der Waals surface area contributed by atoms with Crippen molar-refractivity contribution in [3.63, 3.8) is 0 Å². The van der Waals surface area contributed by atoms with Gasteiger partial charge in [0.15, 0.2) is 0 Å². The van der Waals surface area contributed by atoms with Crippen molar-refractivity contribution in [1.29, 1.82) is 0 Å². The number of nitrogens with zero attached hydrogens (tertiary/aromatic N) is 3. The zero-order chi connectivity index (χ0) is 17.7. The molecule has 2 aliphatic heterocycles. The molecule has 3 rings (SSSR count). The number of pyridine rings is 1. The molecule has 3 heterocycles. The van der Waals surface area contributed by atoms with Crippen molar-refractivity contribution in [2.24, 2.45) is 5.41 Å². The second-order valence-electron chi connectivity index (χ2n) is 7.22. The number of rotatable bonds is 4. The number of piperidine rings is 2. The van der Waals surface area contributed by atoms with Gasteiger partial charge < -0.3 is 9.80 Å². The summed E-state index contributed by atoms with van der Waals surface area (Å²) in [5.41, 5.74) is 1.10. The van der Waals surface area contributed by atoms with Crippen molar-refractivity contribution in [3.8, 4) is 0 Å². The van der Waals surface area contributed by atoms with E-state index in [1.807, 2.05) is 47.1 Å². The second kappa shape index (κ2) is 7.81. The third kappa shape index (κ3) is 4.27. The summed E-state index contributed by atoms with van der Waals surface area (Å²) in [5.74, 6) is 0.438. The smallest absolute Gasteiger partial charge is 0.226 e. The number of carbonyl (C=O) groups is 2. The first-order valence-corrected chi connectivity index (χ1v) is 9.18. The Balaban J connectivity index is 1.59. The van der Waals surface area contributed by atoms with Crippen LogP contribution in [0.2, 0.25) is 0 Å². The van der Waals surface area contributed by atoms with Crippen molar-refractivity contribution < 1.29 is 9.59 Å². The first-order valence-electron chi connectivity index (χ1n) is 9.18. The SMILES string of the molecule is C/C=C/CC(=O)N1CCC2(CCC(=O)N(Cc3ccccn3)C2)CC1. The van der Waals surface area contributed by atoms with Gasteiger partial charge in [0.25, 0.3) is 0 Å². The molecule has 0 atom stereocenters. The number of likely N-dealkylation sites (tertiary alicyclic amines) is 2. The van der Waals surface area contributed by atoms with E-state index in [1.165, 1.54) is 0 Å². The molecule has 0 unspecified atom stereocenters. The first-order chi connectivity index (χ1) is 12.1. The molecular formula is C20H27N3O2. The molecule has 2 aliphatic rings. The molecule has 1 aromatic heterocycles. The van der Waals surface area contributed by atoms with E-state index in [4.69, 9.17) is 0 Å². The Morgan fingerprint density at radius 2 is 2.08 bits per heavy atom.